The van der Waals surface area contributed by atoms with E-state index in [9.17, 15) is 9.59 Å². The first-order valence-electron chi connectivity index (χ1n) is 11.3. The SMILES string of the molecule is CC(=O)c1cc(Cl)ccc1OCC1CN(C(=O)C=C2c3ccccc3-c3ccccc32)CCO1. The van der Waals surface area contributed by atoms with Crippen molar-refractivity contribution in [1.82, 2.24) is 4.90 Å². The van der Waals surface area contributed by atoms with Gasteiger partial charge in [-0.15, -0.1) is 0 Å². The zero-order valence-electron chi connectivity index (χ0n) is 18.8. The highest BCUT2D eigenvalue weighted by atomic mass is 35.5. The van der Waals surface area contributed by atoms with Gasteiger partial charge in [0.1, 0.15) is 18.5 Å². The van der Waals surface area contributed by atoms with Crippen molar-refractivity contribution in [3.05, 3.63) is 94.5 Å². The third kappa shape index (κ3) is 4.37. The Bertz CT molecular complexity index is 1250. The van der Waals surface area contributed by atoms with Crippen LogP contribution in [-0.2, 0) is 9.53 Å². The number of nitrogens with zero attached hydrogens (tertiary/aromatic N) is 1. The summed E-state index contributed by atoms with van der Waals surface area (Å²) in [5.41, 5.74) is 5.82. The Morgan fingerprint density at radius 2 is 1.68 bits per heavy atom. The minimum Gasteiger partial charge on any atom is -0.490 e. The van der Waals surface area contributed by atoms with Crippen molar-refractivity contribution in [2.24, 2.45) is 0 Å². The number of hydrogen-bond donors (Lipinski definition) is 0. The lowest BCUT2D eigenvalue weighted by Gasteiger charge is -2.32. The van der Waals surface area contributed by atoms with E-state index in [1.54, 1.807) is 29.2 Å². The molecule has 1 unspecified atom stereocenters. The second-order valence-corrected chi connectivity index (χ2v) is 8.87. The summed E-state index contributed by atoms with van der Waals surface area (Å²) in [7, 11) is 0. The molecule has 1 aliphatic heterocycles. The van der Waals surface area contributed by atoms with Crippen molar-refractivity contribution >= 4 is 28.9 Å². The molecule has 5 nitrogen and oxygen atoms in total. The third-order valence-electron chi connectivity index (χ3n) is 6.19. The first kappa shape index (κ1) is 22.4. The minimum absolute atomic E-state index is 0.0503. The second-order valence-electron chi connectivity index (χ2n) is 8.43. The molecule has 1 fully saturated rings. The molecule has 1 aliphatic carbocycles. The predicted molar refractivity (Wildman–Crippen MR) is 132 cm³/mol. The van der Waals surface area contributed by atoms with Gasteiger partial charge >= 0.3 is 0 Å². The topological polar surface area (TPSA) is 55.8 Å². The van der Waals surface area contributed by atoms with Crippen LogP contribution in [0.15, 0.2) is 72.8 Å². The van der Waals surface area contributed by atoms with Crippen LogP contribution in [0.5, 0.6) is 5.75 Å². The van der Waals surface area contributed by atoms with E-state index in [2.05, 4.69) is 24.3 Å². The van der Waals surface area contributed by atoms with E-state index < -0.39 is 0 Å². The maximum atomic E-state index is 13.3. The van der Waals surface area contributed by atoms with Crippen LogP contribution in [0.1, 0.15) is 28.4 Å². The number of ether oxygens (including phenoxy) is 2. The molecule has 6 heteroatoms. The van der Waals surface area contributed by atoms with Gasteiger partial charge in [0.25, 0.3) is 0 Å². The van der Waals surface area contributed by atoms with Crippen molar-refractivity contribution in [2.45, 2.75) is 13.0 Å². The summed E-state index contributed by atoms with van der Waals surface area (Å²) in [6.45, 7) is 3.06. The number of hydrogen-bond acceptors (Lipinski definition) is 4. The van der Waals surface area contributed by atoms with Gasteiger partial charge in [-0.05, 0) is 52.9 Å². The van der Waals surface area contributed by atoms with Gasteiger partial charge < -0.3 is 14.4 Å². The lowest BCUT2D eigenvalue weighted by molar-refractivity contribution is -0.134. The molecule has 1 saturated heterocycles. The number of amides is 1. The van der Waals surface area contributed by atoms with Crippen molar-refractivity contribution < 1.29 is 19.1 Å². The quantitative estimate of drug-likeness (QED) is 0.293. The molecule has 0 radical (unpaired) electrons. The molecule has 0 N–H and O–H groups in total. The lowest BCUT2D eigenvalue weighted by atomic mass is 10.0. The fourth-order valence-electron chi connectivity index (χ4n) is 4.53. The maximum absolute atomic E-state index is 13.3. The first-order valence-corrected chi connectivity index (χ1v) is 11.6. The van der Waals surface area contributed by atoms with E-state index in [0.717, 1.165) is 27.8 Å². The molecule has 0 bridgehead atoms. The monoisotopic (exact) mass is 473 g/mol. The third-order valence-corrected chi connectivity index (χ3v) is 6.42. The molecule has 0 spiro atoms. The second kappa shape index (κ2) is 9.45. The number of carbonyl (C=O) groups is 2. The minimum atomic E-state index is -0.297. The summed E-state index contributed by atoms with van der Waals surface area (Å²) in [4.78, 5) is 27.0. The molecule has 5 rings (SSSR count). The summed E-state index contributed by atoms with van der Waals surface area (Å²) in [6, 6.07) is 21.3. The number of ketones is 1. The summed E-state index contributed by atoms with van der Waals surface area (Å²) in [5, 5.41) is 0.478. The molecule has 3 aromatic carbocycles. The fraction of sp³-hybridized carbons (Fsp3) is 0.214. The van der Waals surface area contributed by atoms with Gasteiger partial charge in [0, 0.05) is 17.6 Å². The Hall–Kier alpha value is -3.41. The molecular formula is C28H24ClNO4. The number of halogens is 1. The molecule has 1 amide bonds. The van der Waals surface area contributed by atoms with Gasteiger partial charge in [0.2, 0.25) is 5.91 Å². The van der Waals surface area contributed by atoms with Gasteiger partial charge in [0.15, 0.2) is 5.78 Å². The Morgan fingerprint density at radius 1 is 1.03 bits per heavy atom. The zero-order valence-corrected chi connectivity index (χ0v) is 19.5. The average molecular weight is 474 g/mol. The Labute approximate surface area is 203 Å². The van der Waals surface area contributed by atoms with Crippen LogP contribution >= 0.6 is 11.6 Å². The predicted octanol–water partition coefficient (Wildman–Crippen LogP) is 5.26. The number of carbonyl (C=O) groups excluding carboxylic acids is 2. The van der Waals surface area contributed by atoms with Crippen LogP contribution in [-0.4, -0.2) is 49.0 Å². The van der Waals surface area contributed by atoms with E-state index in [0.29, 0.717) is 36.0 Å². The summed E-state index contributed by atoms with van der Waals surface area (Å²) in [5.74, 6) is 0.290. The van der Waals surface area contributed by atoms with Crippen LogP contribution < -0.4 is 4.74 Å². The molecule has 0 aromatic heterocycles. The normalized spacial score (nSPS) is 16.6. The van der Waals surface area contributed by atoms with Crippen LogP contribution in [0.2, 0.25) is 5.02 Å². The fourth-order valence-corrected chi connectivity index (χ4v) is 4.70. The lowest BCUT2D eigenvalue weighted by Crippen LogP contribution is -2.47. The highest BCUT2D eigenvalue weighted by molar-refractivity contribution is 6.31. The number of rotatable bonds is 5. The van der Waals surface area contributed by atoms with Crippen molar-refractivity contribution in [3.8, 4) is 16.9 Å². The Morgan fingerprint density at radius 3 is 2.32 bits per heavy atom. The summed E-state index contributed by atoms with van der Waals surface area (Å²) < 4.78 is 11.7. The van der Waals surface area contributed by atoms with Crippen LogP contribution in [0.4, 0.5) is 0 Å². The molecule has 1 heterocycles. The van der Waals surface area contributed by atoms with Crippen molar-refractivity contribution in [3.63, 3.8) is 0 Å². The Kier molecular flexibility index (Phi) is 6.22. The molecule has 1 atom stereocenters. The van der Waals surface area contributed by atoms with Crippen LogP contribution in [0.3, 0.4) is 0 Å². The molecule has 2 aliphatic rings. The van der Waals surface area contributed by atoms with Crippen molar-refractivity contribution in [2.75, 3.05) is 26.3 Å². The number of benzene rings is 3. The first-order chi connectivity index (χ1) is 16.5. The standard InChI is InChI=1S/C28H24ClNO4/c1-18(31)25-14-19(29)10-11-27(25)34-17-20-16-30(12-13-33-20)28(32)15-26-23-8-4-2-6-21(23)22-7-3-5-9-24(22)26/h2-11,14-15,20H,12-13,16-17H2,1H3. The zero-order chi connectivity index (χ0) is 23.7. The van der Waals surface area contributed by atoms with Gasteiger partial charge in [0.05, 0.1) is 18.7 Å². The van der Waals surface area contributed by atoms with E-state index in [1.807, 2.05) is 24.3 Å². The summed E-state index contributed by atoms with van der Waals surface area (Å²) in [6.07, 6.45) is 1.44. The van der Waals surface area contributed by atoms with E-state index >= 15 is 0 Å². The number of Topliss-reactive ketones (excluding diaryl/α,β-unsaturated/α-hetero) is 1. The molecule has 172 valence electrons. The van der Waals surface area contributed by atoms with Gasteiger partial charge in [-0.25, -0.2) is 0 Å². The highest BCUT2D eigenvalue weighted by Gasteiger charge is 2.27. The van der Waals surface area contributed by atoms with Crippen molar-refractivity contribution in [1.29, 1.82) is 0 Å². The Balaban J connectivity index is 1.31. The average Bonchev–Trinajstić information content (AvgIpc) is 3.17. The molecule has 0 saturated carbocycles. The largest absolute Gasteiger partial charge is 0.490 e. The molecule has 3 aromatic rings. The van der Waals surface area contributed by atoms with Crippen LogP contribution in [0, 0.1) is 0 Å². The number of morpholine rings is 1. The maximum Gasteiger partial charge on any atom is 0.247 e. The highest BCUT2D eigenvalue weighted by Crippen LogP contribution is 2.43. The van der Waals surface area contributed by atoms with Gasteiger partial charge in [-0.3, -0.25) is 9.59 Å². The molecular weight excluding hydrogens is 450 g/mol. The van der Waals surface area contributed by atoms with E-state index in [-0.39, 0.29) is 24.4 Å². The van der Waals surface area contributed by atoms with Gasteiger partial charge in [-0.1, -0.05) is 60.1 Å². The van der Waals surface area contributed by atoms with E-state index in [4.69, 9.17) is 21.1 Å². The summed E-state index contributed by atoms with van der Waals surface area (Å²) >= 11 is 6.01. The number of fused-ring (bicyclic) bond motifs is 3. The smallest absolute Gasteiger partial charge is 0.247 e. The van der Waals surface area contributed by atoms with E-state index in [1.165, 1.54) is 6.92 Å². The van der Waals surface area contributed by atoms with Gasteiger partial charge in [-0.2, -0.15) is 0 Å². The molecule has 34 heavy (non-hydrogen) atoms. The van der Waals surface area contributed by atoms with Crippen LogP contribution in [0.25, 0.3) is 16.7 Å².